The van der Waals surface area contributed by atoms with Crippen LogP contribution in [0.25, 0.3) is 0 Å². The molecule has 0 fully saturated rings. The summed E-state index contributed by atoms with van der Waals surface area (Å²) in [6, 6.07) is 4.95. The van der Waals surface area contributed by atoms with Crippen LogP contribution in [0.4, 0.5) is 10.5 Å². The van der Waals surface area contributed by atoms with Crippen molar-refractivity contribution in [2.75, 3.05) is 11.9 Å². The maximum absolute atomic E-state index is 10.6. The third-order valence-electron chi connectivity index (χ3n) is 1.85. The molecule has 0 heterocycles. The predicted molar refractivity (Wildman–Crippen MR) is 57.4 cm³/mol. The van der Waals surface area contributed by atoms with Crippen LogP contribution in [0.5, 0.6) is 0 Å². The summed E-state index contributed by atoms with van der Waals surface area (Å²) in [5.41, 5.74) is 1.31. The van der Waals surface area contributed by atoms with Gasteiger partial charge in [-0.3, -0.25) is 4.90 Å². The van der Waals surface area contributed by atoms with E-state index in [2.05, 4.69) is 0 Å². The highest BCUT2D eigenvalue weighted by atomic mass is 35.5. The van der Waals surface area contributed by atoms with Gasteiger partial charge in [-0.15, -0.1) is 11.6 Å². The Morgan fingerprint density at radius 1 is 1.57 bits per heavy atom. The Balaban J connectivity index is 3.02. The van der Waals surface area contributed by atoms with Gasteiger partial charge in [0.2, 0.25) is 0 Å². The summed E-state index contributed by atoms with van der Waals surface area (Å²) in [5.74, 6) is 0.315. The SMILES string of the molecule is CN(C(=O)O)c1ccc(CCl)c(Cl)c1. The van der Waals surface area contributed by atoms with Gasteiger partial charge in [-0.2, -0.15) is 0 Å². The number of carbonyl (C=O) groups is 1. The van der Waals surface area contributed by atoms with Gasteiger partial charge in [0, 0.05) is 23.6 Å². The molecule has 0 bridgehead atoms. The first-order valence-electron chi connectivity index (χ1n) is 3.87. The topological polar surface area (TPSA) is 40.5 Å². The minimum atomic E-state index is -1.03. The van der Waals surface area contributed by atoms with Crippen LogP contribution in [0, 0.1) is 0 Å². The molecular weight excluding hydrogens is 225 g/mol. The summed E-state index contributed by atoms with van der Waals surface area (Å²) in [6.45, 7) is 0. The lowest BCUT2D eigenvalue weighted by Crippen LogP contribution is -2.23. The van der Waals surface area contributed by atoms with Gasteiger partial charge in [0.1, 0.15) is 0 Å². The highest BCUT2D eigenvalue weighted by molar-refractivity contribution is 6.32. The summed E-state index contributed by atoms with van der Waals surface area (Å²) in [7, 11) is 1.45. The smallest absolute Gasteiger partial charge is 0.411 e. The molecule has 1 rings (SSSR count). The Morgan fingerprint density at radius 3 is 2.64 bits per heavy atom. The van der Waals surface area contributed by atoms with Crippen LogP contribution >= 0.6 is 23.2 Å². The minimum absolute atomic E-state index is 0.315. The van der Waals surface area contributed by atoms with Crippen LogP contribution in [-0.2, 0) is 5.88 Å². The van der Waals surface area contributed by atoms with E-state index in [9.17, 15) is 4.79 Å². The largest absolute Gasteiger partial charge is 0.465 e. The first-order valence-corrected chi connectivity index (χ1v) is 4.78. The predicted octanol–water partition coefficient (Wildman–Crippen LogP) is 3.19. The van der Waals surface area contributed by atoms with E-state index in [1.54, 1.807) is 18.2 Å². The van der Waals surface area contributed by atoms with Crippen molar-refractivity contribution < 1.29 is 9.90 Å². The van der Waals surface area contributed by atoms with E-state index >= 15 is 0 Å². The highest BCUT2D eigenvalue weighted by Crippen LogP contribution is 2.24. The third kappa shape index (κ3) is 2.30. The molecule has 0 saturated carbocycles. The van der Waals surface area contributed by atoms with Gasteiger partial charge in [-0.1, -0.05) is 17.7 Å². The molecule has 0 aromatic heterocycles. The second kappa shape index (κ2) is 4.53. The molecule has 0 saturated heterocycles. The Labute approximate surface area is 91.8 Å². The number of rotatable bonds is 2. The Bertz CT molecular complexity index is 355. The lowest BCUT2D eigenvalue weighted by atomic mass is 10.2. The van der Waals surface area contributed by atoms with Gasteiger partial charge in [0.25, 0.3) is 0 Å². The number of alkyl halides is 1. The van der Waals surface area contributed by atoms with E-state index in [-0.39, 0.29) is 0 Å². The number of hydrogen-bond acceptors (Lipinski definition) is 1. The van der Waals surface area contributed by atoms with Crippen LogP contribution in [0.15, 0.2) is 18.2 Å². The van der Waals surface area contributed by atoms with Crippen molar-refractivity contribution in [1.82, 2.24) is 0 Å². The number of amides is 1. The molecular formula is C9H9Cl2NO2. The lowest BCUT2D eigenvalue weighted by molar-refractivity contribution is 0.203. The molecule has 1 aromatic rings. The summed E-state index contributed by atoms with van der Waals surface area (Å²) in [6.07, 6.45) is -1.03. The molecule has 0 aliphatic carbocycles. The number of benzene rings is 1. The van der Waals surface area contributed by atoms with Gasteiger partial charge in [0.15, 0.2) is 0 Å². The van der Waals surface area contributed by atoms with Crippen molar-refractivity contribution in [1.29, 1.82) is 0 Å². The zero-order chi connectivity index (χ0) is 10.7. The molecule has 0 aliphatic rings. The van der Waals surface area contributed by atoms with Crippen molar-refractivity contribution in [2.24, 2.45) is 0 Å². The second-order valence-electron chi connectivity index (χ2n) is 2.75. The third-order valence-corrected chi connectivity index (χ3v) is 2.49. The normalized spacial score (nSPS) is 9.93. The number of carboxylic acid groups (broad SMARTS) is 1. The molecule has 5 heteroatoms. The molecule has 3 nitrogen and oxygen atoms in total. The van der Waals surface area contributed by atoms with Crippen molar-refractivity contribution in [2.45, 2.75) is 5.88 Å². The summed E-state index contributed by atoms with van der Waals surface area (Å²) < 4.78 is 0. The highest BCUT2D eigenvalue weighted by Gasteiger charge is 2.09. The quantitative estimate of drug-likeness (QED) is 0.798. The summed E-state index contributed by atoms with van der Waals surface area (Å²) >= 11 is 11.5. The monoisotopic (exact) mass is 233 g/mol. The first-order chi connectivity index (χ1) is 6.56. The Morgan fingerprint density at radius 2 is 2.21 bits per heavy atom. The maximum Gasteiger partial charge on any atom is 0.411 e. The van der Waals surface area contributed by atoms with E-state index in [4.69, 9.17) is 28.3 Å². The second-order valence-corrected chi connectivity index (χ2v) is 3.43. The minimum Gasteiger partial charge on any atom is -0.465 e. The maximum atomic E-state index is 10.6. The molecule has 0 aliphatic heterocycles. The van der Waals surface area contributed by atoms with E-state index in [0.717, 1.165) is 10.5 Å². The van der Waals surface area contributed by atoms with Crippen LogP contribution in [-0.4, -0.2) is 18.2 Å². The summed E-state index contributed by atoms with van der Waals surface area (Å²) in [5, 5.41) is 9.19. The Hall–Kier alpha value is -0.930. The van der Waals surface area contributed by atoms with Crippen LogP contribution in [0.3, 0.4) is 0 Å². The lowest BCUT2D eigenvalue weighted by Gasteiger charge is -2.13. The van der Waals surface area contributed by atoms with Crippen molar-refractivity contribution in [3.63, 3.8) is 0 Å². The summed E-state index contributed by atoms with van der Waals surface area (Å²) in [4.78, 5) is 11.7. The number of hydrogen-bond donors (Lipinski definition) is 1. The standard InChI is InChI=1S/C9H9Cl2NO2/c1-12(9(13)14)7-3-2-6(5-10)8(11)4-7/h2-4H,5H2,1H3,(H,13,14). The molecule has 1 amide bonds. The fourth-order valence-corrected chi connectivity index (χ4v) is 1.51. The molecule has 0 atom stereocenters. The van der Waals surface area contributed by atoms with Gasteiger partial charge in [0.05, 0.1) is 0 Å². The van der Waals surface area contributed by atoms with Crippen LogP contribution in [0.2, 0.25) is 5.02 Å². The van der Waals surface area contributed by atoms with E-state index in [1.165, 1.54) is 7.05 Å². The van der Waals surface area contributed by atoms with E-state index < -0.39 is 6.09 Å². The van der Waals surface area contributed by atoms with Crippen molar-refractivity contribution >= 4 is 35.0 Å². The van der Waals surface area contributed by atoms with Crippen molar-refractivity contribution in [3.05, 3.63) is 28.8 Å². The zero-order valence-corrected chi connectivity index (χ0v) is 9.01. The van der Waals surface area contributed by atoms with Crippen LogP contribution in [0.1, 0.15) is 5.56 Å². The van der Waals surface area contributed by atoms with Crippen LogP contribution < -0.4 is 4.90 Å². The molecule has 0 radical (unpaired) electrons. The van der Waals surface area contributed by atoms with Crippen molar-refractivity contribution in [3.8, 4) is 0 Å². The average molecular weight is 234 g/mol. The molecule has 1 aromatic carbocycles. The number of nitrogens with zero attached hydrogens (tertiary/aromatic N) is 1. The Kier molecular flexibility index (Phi) is 3.61. The van der Waals surface area contributed by atoms with E-state index in [0.29, 0.717) is 16.6 Å². The average Bonchev–Trinajstić information content (AvgIpc) is 2.16. The molecule has 14 heavy (non-hydrogen) atoms. The molecule has 1 N–H and O–H groups in total. The van der Waals surface area contributed by atoms with Gasteiger partial charge >= 0.3 is 6.09 Å². The number of anilines is 1. The number of halogens is 2. The fraction of sp³-hybridized carbons (Fsp3) is 0.222. The fourth-order valence-electron chi connectivity index (χ4n) is 0.964. The molecule has 0 unspecified atom stereocenters. The molecule has 76 valence electrons. The van der Waals surface area contributed by atoms with Gasteiger partial charge in [-0.05, 0) is 17.7 Å². The van der Waals surface area contributed by atoms with Gasteiger partial charge in [-0.25, -0.2) is 4.79 Å². The van der Waals surface area contributed by atoms with Gasteiger partial charge < -0.3 is 5.11 Å². The first kappa shape index (κ1) is 11.1. The van der Waals surface area contributed by atoms with E-state index in [1.807, 2.05) is 0 Å². The zero-order valence-electron chi connectivity index (χ0n) is 7.50. The molecule has 0 spiro atoms.